The summed E-state index contributed by atoms with van der Waals surface area (Å²) in [6.07, 6.45) is 4.25. The molecule has 0 bridgehead atoms. The van der Waals surface area contributed by atoms with Crippen molar-refractivity contribution in [2.45, 2.75) is 64.1 Å². The molecule has 2 atom stereocenters. The molecule has 58 heavy (non-hydrogen) atoms. The van der Waals surface area contributed by atoms with Crippen molar-refractivity contribution < 1.29 is 18.7 Å². The second-order valence-corrected chi connectivity index (χ2v) is 17.2. The average Bonchev–Trinajstić information content (AvgIpc) is 3.93. The van der Waals surface area contributed by atoms with E-state index >= 15 is 0 Å². The van der Waals surface area contributed by atoms with E-state index in [0.717, 1.165) is 51.0 Å². The molecule has 13 heteroatoms. The lowest BCUT2D eigenvalue weighted by molar-refractivity contribution is 0.0691. The van der Waals surface area contributed by atoms with Crippen molar-refractivity contribution in [3.63, 3.8) is 0 Å². The van der Waals surface area contributed by atoms with E-state index in [1.807, 2.05) is 97.2 Å². The van der Waals surface area contributed by atoms with Crippen molar-refractivity contribution in [3.8, 4) is 21.9 Å². The smallest absolute Gasteiger partial charge is 0.332 e. The molecule has 3 aliphatic rings. The number of ether oxygens (including phenoxy) is 2. The molecule has 0 radical (unpaired) electrons. The molecule has 2 saturated heterocycles. The highest BCUT2D eigenvalue weighted by Crippen LogP contribution is 2.44. The van der Waals surface area contributed by atoms with Crippen LogP contribution in [0.1, 0.15) is 83.8 Å². The van der Waals surface area contributed by atoms with Crippen LogP contribution < -0.4 is 20.7 Å². The molecule has 3 aromatic heterocycles. The lowest BCUT2D eigenvalue weighted by atomic mass is 9.81. The second kappa shape index (κ2) is 16.1. The van der Waals surface area contributed by atoms with Gasteiger partial charge in [-0.2, -0.15) is 11.8 Å². The lowest BCUT2D eigenvalue weighted by Gasteiger charge is -2.35. The summed E-state index contributed by atoms with van der Waals surface area (Å²) in [7, 11) is 1.66. The first-order valence-corrected chi connectivity index (χ1v) is 22.0. The van der Waals surface area contributed by atoms with E-state index < -0.39 is 0 Å². The Kier molecular flexibility index (Phi) is 10.6. The quantitative estimate of drug-likeness (QED) is 0.137. The van der Waals surface area contributed by atoms with Crippen LogP contribution in [0.4, 0.5) is 0 Å². The fourth-order valence-electron chi connectivity index (χ4n) is 8.56. The van der Waals surface area contributed by atoms with Crippen LogP contribution in [0.5, 0.6) is 11.5 Å². The van der Waals surface area contributed by atoms with Crippen LogP contribution in [-0.4, -0.2) is 75.0 Å². The lowest BCUT2D eigenvalue weighted by Crippen LogP contribution is -2.46. The number of amides is 1. The van der Waals surface area contributed by atoms with Crippen LogP contribution in [0.3, 0.4) is 0 Å². The Bertz CT molecular complexity index is 2640. The zero-order chi connectivity index (χ0) is 39.9. The largest absolute Gasteiger partial charge is 0.493 e. The van der Waals surface area contributed by atoms with Crippen LogP contribution in [0.15, 0.2) is 98.0 Å². The van der Waals surface area contributed by atoms with Gasteiger partial charge in [0, 0.05) is 58.8 Å². The van der Waals surface area contributed by atoms with Gasteiger partial charge in [0.15, 0.2) is 17.4 Å². The van der Waals surface area contributed by atoms with E-state index in [1.165, 1.54) is 21.5 Å². The van der Waals surface area contributed by atoms with E-state index in [-0.39, 0.29) is 35.8 Å². The van der Waals surface area contributed by atoms with Gasteiger partial charge < -0.3 is 18.8 Å². The third kappa shape index (κ3) is 6.97. The monoisotopic (exact) mass is 815 g/mol. The van der Waals surface area contributed by atoms with Crippen LogP contribution in [-0.2, 0) is 13.0 Å². The fourth-order valence-corrected chi connectivity index (χ4v) is 10.9. The maximum atomic E-state index is 14.3. The number of hydrogen-bond acceptors (Lipinski definition) is 10. The highest BCUT2D eigenvalue weighted by Gasteiger charge is 2.35. The van der Waals surface area contributed by atoms with E-state index in [1.54, 1.807) is 17.9 Å². The Morgan fingerprint density at radius 3 is 2.47 bits per heavy atom. The van der Waals surface area contributed by atoms with Gasteiger partial charge in [0.25, 0.3) is 11.5 Å². The summed E-state index contributed by atoms with van der Waals surface area (Å²) >= 11 is 3.36. The van der Waals surface area contributed by atoms with Gasteiger partial charge in [0.05, 0.1) is 43.7 Å². The van der Waals surface area contributed by atoms with E-state index in [4.69, 9.17) is 18.9 Å². The van der Waals surface area contributed by atoms with Crippen molar-refractivity contribution in [1.82, 2.24) is 19.0 Å². The number of carbonyl (C=O) groups is 1. The summed E-state index contributed by atoms with van der Waals surface area (Å²) < 4.78 is 21.2. The number of hydrogen-bond donors (Lipinski definition) is 0. The summed E-state index contributed by atoms with van der Waals surface area (Å²) in [5.41, 5.74) is 5.60. The summed E-state index contributed by atoms with van der Waals surface area (Å²) in [5, 5.41) is 0. The first kappa shape index (κ1) is 38.1. The summed E-state index contributed by atoms with van der Waals surface area (Å²) in [6.45, 7) is 5.48. The number of rotatable bonds is 10. The first-order chi connectivity index (χ1) is 28.3. The molecule has 6 heterocycles. The number of piperidine rings is 1. The minimum Gasteiger partial charge on any atom is -0.493 e. The Morgan fingerprint density at radius 1 is 0.948 bits per heavy atom. The summed E-state index contributed by atoms with van der Waals surface area (Å²) in [4.78, 5) is 54.8. The summed E-state index contributed by atoms with van der Waals surface area (Å²) in [6, 6.07) is 23.5. The SMILES string of the molecule is CCOc1cc2c(cc1OC)C(c1ccc(C(=O)N3CCC(n4c(=O)c5sc(-c6ccccc6)cc5n(Cc5cnc(CC)o5)c4=O)CC3)cc1)=N[C@@H]1CCSC[C@H]21. The number of carbonyl (C=O) groups excluding carboxylic acids is 1. The number of oxazole rings is 1. The third-order valence-electron chi connectivity index (χ3n) is 11.6. The number of likely N-dealkylation sites (tertiary alicyclic amines) is 1. The zero-order valence-corrected chi connectivity index (χ0v) is 34.4. The number of nitrogens with zero attached hydrogens (tertiary/aromatic N) is 5. The number of aromatic nitrogens is 3. The molecule has 0 aliphatic carbocycles. The van der Waals surface area contributed by atoms with Crippen LogP contribution in [0, 0.1) is 0 Å². The normalized spacial score (nSPS) is 18.1. The van der Waals surface area contributed by atoms with Gasteiger partial charge in [-0.05, 0) is 73.4 Å². The minimum absolute atomic E-state index is 0.0774. The van der Waals surface area contributed by atoms with Crippen molar-refractivity contribution >= 4 is 44.9 Å². The van der Waals surface area contributed by atoms with Crippen molar-refractivity contribution in [3.05, 3.63) is 134 Å². The predicted octanol–water partition coefficient (Wildman–Crippen LogP) is 7.82. The van der Waals surface area contributed by atoms with Gasteiger partial charge in [0.1, 0.15) is 10.5 Å². The molecule has 0 saturated carbocycles. The Hall–Kier alpha value is -5.40. The first-order valence-electron chi connectivity index (χ1n) is 20.0. The molecule has 298 valence electrons. The van der Waals surface area contributed by atoms with Crippen LogP contribution >= 0.6 is 23.1 Å². The van der Waals surface area contributed by atoms with E-state index in [2.05, 4.69) is 11.1 Å². The molecule has 2 fully saturated rings. The van der Waals surface area contributed by atoms with Crippen LogP contribution in [0.2, 0.25) is 0 Å². The third-order valence-corrected chi connectivity index (χ3v) is 13.8. The van der Waals surface area contributed by atoms with E-state index in [9.17, 15) is 14.4 Å². The van der Waals surface area contributed by atoms with Gasteiger partial charge >= 0.3 is 5.69 Å². The molecule has 1 amide bonds. The molecule has 3 aliphatic heterocycles. The molecule has 0 N–H and O–H groups in total. The molecule has 9 rings (SSSR count). The average molecular weight is 816 g/mol. The van der Waals surface area contributed by atoms with Crippen LogP contribution in [0.25, 0.3) is 20.7 Å². The van der Waals surface area contributed by atoms with Gasteiger partial charge in [-0.1, -0.05) is 49.4 Å². The number of methoxy groups -OCH3 is 1. The number of aryl methyl sites for hydroxylation is 1. The van der Waals surface area contributed by atoms with Gasteiger partial charge in [-0.15, -0.1) is 11.3 Å². The fraction of sp³-hybridized carbons (Fsp3) is 0.356. The topological polar surface area (TPSA) is 121 Å². The molecular weight excluding hydrogens is 771 g/mol. The molecule has 3 aromatic carbocycles. The van der Waals surface area contributed by atoms with Crippen molar-refractivity contribution in [1.29, 1.82) is 0 Å². The highest BCUT2D eigenvalue weighted by atomic mass is 32.2. The van der Waals surface area contributed by atoms with Gasteiger partial charge in [0.2, 0.25) is 0 Å². The standard InChI is InChI=1S/C45H45N5O6S2/c1-4-40-46-24-31(56-40)25-49-36-23-39(27-9-7-6-8-10-27)58-42(36)44(52)50(45(49)53)30-15-18-48(19-16-30)43(51)29-13-11-28(12-14-29)41-33-22-37(54-3)38(55-5-2)21-32(33)34-26-57-20-17-35(34)47-41/h6-14,21-24,30,34-35H,4-5,15-20,25-26H2,1-3H3/t34-,35-/m1/s1. The molecule has 0 unspecified atom stereocenters. The van der Waals surface area contributed by atoms with Gasteiger partial charge in [-0.3, -0.25) is 23.7 Å². The molecule has 11 nitrogen and oxygen atoms in total. The van der Waals surface area contributed by atoms with Crippen molar-refractivity contribution in [2.75, 3.05) is 38.3 Å². The summed E-state index contributed by atoms with van der Waals surface area (Å²) in [5.74, 6) is 4.91. The number of fused-ring (bicyclic) bond motifs is 4. The second-order valence-electron chi connectivity index (χ2n) is 14.9. The van der Waals surface area contributed by atoms with Crippen molar-refractivity contribution in [2.24, 2.45) is 4.99 Å². The maximum absolute atomic E-state index is 14.3. The Morgan fingerprint density at radius 2 is 1.74 bits per heavy atom. The predicted molar refractivity (Wildman–Crippen MR) is 230 cm³/mol. The Labute approximate surface area is 344 Å². The maximum Gasteiger partial charge on any atom is 0.332 e. The highest BCUT2D eigenvalue weighted by molar-refractivity contribution is 7.99. The molecule has 0 spiro atoms. The number of thioether (sulfide) groups is 1. The van der Waals surface area contributed by atoms with Gasteiger partial charge in [-0.25, -0.2) is 9.78 Å². The number of thiophene rings is 1. The van der Waals surface area contributed by atoms with E-state index in [0.29, 0.717) is 78.1 Å². The minimum atomic E-state index is -0.387. The molecular formula is C45H45N5O6S2. The Balaban J connectivity index is 0.967. The number of benzene rings is 3. The number of aliphatic imine (C=N–C) groups is 1. The zero-order valence-electron chi connectivity index (χ0n) is 32.8. The molecule has 6 aromatic rings.